The van der Waals surface area contributed by atoms with Gasteiger partial charge < -0.3 is 14.7 Å². The van der Waals surface area contributed by atoms with Gasteiger partial charge in [-0.1, -0.05) is 29.4 Å². The molecule has 0 aliphatic carbocycles. The van der Waals surface area contributed by atoms with Gasteiger partial charge in [-0.3, -0.25) is 0 Å². The van der Waals surface area contributed by atoms with Crippen LogP contribution in [-0.2, 0) is 6.42 Å². The van der Waals surface area contributed by atoms with Crippen LogP contribution in [0.2, 0.25) is 0 Å². The number of nitrogens with one attached hydrogen (secondary N) is 1. The molecule has 0 bridgehead atoms. The minimum Gasteiger partial charge on any atom is -0.339 e. The second-order valence-corrected chi connectivity index (χ2v) is 4.98. The molecule has 2 aromatic rings. The van der Waals surface area contributed by atoms with Crippen LogP contribution in [0, 0.1) is 6.92 Å². The Balaban J connectivity index is 1.91. The molecular formula is C16H22N4O2. The molecule has 0 aliphatic rings. The average Bonchev–Trinajstić information content (AvgIpc) is 2.97. The van der Waals surface area contributed by atoms with Gasteiger partial charge in [0.15, 0.2) is 0 Å². The fourth-order valence-corrected chi connectivity index (χ4v) is 2.19. The monoisotopic (exact) mass is 302 g/mol. The molecule has 0 unspecified atom stereocenters. The number of hydrogen-bond acceptors (Lipinski definition) is 4. The Kier molecular flexibility index (Phi) is 5.52. The van der Waals surface area contributed by atoms with Crippen molar-refractivity contribution in [3.63, 3.8) is 0 Å². The topological polar surface area (TPSA) is 71.3 Å². The Morgan fingerprint density at radius 3 is 2.68 bits per heavy atom. The molecule has 22 heavy (non-hydrogen) atoms. The zero-order chi connectivity index (χ0) is 15.9. The highest BCUT2D eigenvalue weighted by Crippen LogP contribution is 2.19. The van der Waals surface area contributed by atoms with Crippen LogP contribution in [0.4, 0.5) is 4.79 Å². The molecule has 0 spiro atoms. The van der Waals surface area contributed by atoms with E-state index in [1.807, 2.05) is 45.0 Å². The molecule has 1 aromatic carbocycles. The molecular weight excluding hydrogens is 280 g/mol. The van der Waals surface area contributed by atoms with Crippen LogP contribution < -0.4 is 5.32 Å². The van der Waals surface area contributed by atoms with Crippen molar-refractivity contribution in [2.24, 2.45) is 0 Å². The van der Waals surface area contributed by atoms with Gasteiger partial charge in [0.1, 0.15) is 0 Å². The lowest BCUT2D eigenvalue weighted by molar-refractivity contribution is 0.203. The van der Waals surface area contributed by atoms with Crippen LogP contribution >= 0.6 is 0 Å². The largest absolute Gasteiger partial charge is 0.339 e. The highest BCUT2D eigenvalue weighted by atomic mass is 16.5. The first kappa shape index (κ1) is 16.0. The van der Waals surface area contributed by atoms with E-state index in [1.54, 1.807) is 4.90 Å². The Bertz CT molecular complexity index is 620. The van der Waals surface area contributed by atoms with Gasteiger partial charge in [0, 0.05) is 31.6 Å². The minimum absolute atomic E-state index is 0.0661. The van der Waals surface area contributed by atoms with Gasteiger partial charge in [0.2, 0.25) is 11.7 Å². The van der Waals surface area contributed by atoms with Crippen molar-refractivity contribution in [2.75, 3.05) is 19.6 Å². The molecule has 0 atom stereocenters. The first-order chi connectivity index (χ1) is 10.7. The van der Waals surface area contributed by atoms with Gasteiger partial charge in [0.25, 0.3) is 0 Å². The fourth-order valence-electron chi connectivity index (χ4n) is 2.19. The molecule has 0 saturated carbocycles. The van der Waals surface area contributed by atoms with Crippen LogP contribution in [0.1, 0.15) is 25.3 Å². The molecule has 0 fully saturated rings. The number of nitrogens with zero attached hydrogens (tertiary/aromatic N) is 3. The number of aryl methyl sites for hydroxylation is 1. The second-order valence-electron chi connectivity index (χ2n) is 4.98. The molecule has 118 valence electrons. The molecule has 0 saturated heterocycles. The maximum Gasteiger partial charge on any atom is 0.317 e. The lowest BCUT2D eigenvalue weighted by Gasteiger charge is -2.18. The molecule has 0 radical (unpaired) electrons. The Morgan fingerprint density at radius 1 is 1.27 bits per heavy atom. The van der Waals surface area contributed by atoms with Crippen molar-refractivity contribution in [3.05, 3.63) is 35.7 Å². The quantitative estimate of drug-likeness (QED) is 0.890. The van der Waals surface area contributed by atoms with Gasteiger partial charge in [-0.05, 0) is 26.3 Å². The number of urea groups is 1. The Hall–Kier alpha value is -2.37. The summed E-state index contributed by atoms with van der Waals surface area (Å²) in [5.41, 5.74) is 2.06. The van der Waals surface area contributed by atoms with E-state index < -0.39 is 0 Å². The average molecular weight is 302 g/mol. The van der Waals surface area contributed by atoms with Gasteiger partial charge in [-0.2, -0.15) is 4.98 Å². The normalized spacial score (nSPS) is 10.5. The van der Waals surface area contributed by atoms with E-state index >= 15 is 0 Å². The van der Waals surface area contributed by atoms with E-state index in [1.165, 1.54) is 0 Å². The number of benzene rings is 1. The molecule has 0 aliphatic heterocycles. The second kappa shape index (κ2) is 7.59. The molecule has 1 heterocycles. The van der Waals surface area contributed by atoms with E-state index in [2.05, 4.69) is 15.5 Å². The smallest absolute Gasteiger partial charge is 0.317 e. The fraction of sp³-hybridized carbons (Fsp3) is 0.438. The van der Waals surface area contributed by atoms with Crippen molar-refractivity contribution >= 4 is 6.03 Å². The van der Waals surface area contributed by atoms with E-state index in [4.69, 9.17) is 4.52 Å². The van der Waals surface area contributed by atoms with Crippen molar-refractivity contribution in [2.45, 2.75) is 27.2 Å². The number of amides is 2. The minimum atomic E-state index is -0.0661. The lowest BCUT2D eigenvalue weighted by Crippen LogP contribution is -2.40. The third kappa shape index (κ3) is 3.84. The van der Waals surface area contributed by atoms with Gasteiger partial charge in [-0.15, -0.1) is 0 Å². The predicted molar refractivity (Wildman–Crippen MR) is 84.5 cm³/mol. The summed E-state index contributed by atoms with van der Waals surface area (Å²) in [6.07, 6.45) is 0.520. The zero-order valence-corrected chi connectivity index (χ0v) is 13.3. The third-order valence-electron chi connectivity index (χ3n) is 3.52. The first-order valence-electron chi connectivity index (χ1n) is 7.57. The molecule has 6 nitrogen and oxygen atoms in total. The summed E-state index contributed by atoms with van der Waals surface area (Å²) >= 11 is 0. The Morgan fingerprint density at radius 2 is 2.00 bits per heavy atom. The van der Waals surface area contributed by atoms with Gasteiger partial charge in [-0.25, -0.2) is 4.79 Å². The highest BCUT2D eigenvalue weighted by molar-refractivity contribution is 5.74. The van der Waals surface area contributed by atoms with Crippen LogP contribution in [0.25, 0.3) is 11.4 Å². The molecule has 1 N–H and O–H groups in total. The van der Waals surface area contributed by atoms with Crippen LogP contribution in [0.5, 0.6) is 0 Å². The van der Waals surface area contributed by atoms with E-state index in [-0.39, 0.29) is 6.03 Å². The van der Waals surface area contributed by atoms with E-state index in [0.717, 1.165) is 11.1 Å². The Labute approximate surface area is 130 Å². The summed E-state index contributed by atoms with van der Waals surface area (Å²) < 4.78 is 5.24. The zero-order valence-electron chi connectivity index (χ0n) is 13.3. The summed E-state index contributed by atoms with van der Waals surface area (Å²) in [5.74, 6) is 1.11. The lowest BCUT2D eigenvalue weighted by atomic mass is 10.1. The molecule has 1 aromatic heterocycles. The third-order valence-corrected chi connectivity index (χ3v) is 3.52. The number of rotatable bonds is 6. The highest BCUT2D eigenvalue weighted by Gasteiger charge is 2.12. The van der Waals surface area contributed by atoms with Crippen molar-refractivity contribution in [3.8, 4) is 11.4 Å². The number of aromatic nitrogens is 2. The summed E-state index contributed by atoms with van der Waals surface area (Å²) in [6, 6.07) is 7.83. The molecule has 2 amide bonds. The number of carbonyl (C=O) groups excluding carboxylic acids is 1. The number of hydrogen-bond donors (Lipinski definition) is 1. The van der Waals surface area contributed by atoms with Crippen LogP contribution in [0.3, 0.4) is 0 Å². The maximum absolute atomic E-state index is 11.8. The SMILES string of the molecule is CCN(CC)C(=O)NCCc1nc(-c2ccccc2C)no1. The van der Waals surface area contributed by atoms with Crippen molar-refractivity contribution < 1.29 is 9.32 Å². The van der Waals surface area contributed by atoms with Crippen LogP contribution in [-0.4, -0.2) is 40.7 Å². The van der Waals surface area contributed by atoms with Gasteiger partial charge >= 0.3 is 6.03 Å². The predicted octanol–water partition coefficient (Wildman–Crippen LogP) is 2.64. The van der Waals surface area contributed by atoms with Crippen molar-refractivity contribution in [1.82, 2.24) is 20.4 Å². The molecule has 6 heteroatoms. The van der Waals surface area contributed by atoms with Crippen LogP contribution in [0.15, 0.2) is 28.8 Å². The maximum atomic E-state index is 11.8. The van der Waals surface area contributed by atoms with E-state index in [9.17, 15) is 4.79 Å². The summed E-state index contributed by atoms with van der Waals surface area (Å²) in [5, 5.41) is 6.86. The molecule has 2 rings (SSSR count). The first-order valence-corrected chi connectivity index (χ1v) is 7.57. The van der Waals surface area contributed by atoms with Gasteiger partial charge in [0.05, 0.1) is 0 Å². The van der Waals surface area contributed by atoms with Crippen molar-refractivity contribution in [1.29, 1.82) is 0 Å². The summed E-state index contributed by atoms with van der Waals surface area (Å²) in [4.78, 5) is 17.9. The standard InChI is InChI=1S/C16H22N4O2/c1-4-20(5-2)16(21)17-11-10-14-18-15(19-22-14)13-9-7-6-8-12(13)3/h6-9H,4-5,10-11H2,1-3H3,(H,17,21). The van der Waals surface area contributed by atoms with E-state index in [0.29, 0.717) is 37.8 Å². The summed E-state index contributed by atoms with van der Waals surface area (Å²) in [7, 11) is 0. The number of carbonyl (C=O) groups is 1. The summed E-state index contributed by atoms with van der Waals surface area (Å²) in [6.45, 7) is 7.78.